The van der Waals surface area contributed by atoms with Crippen LogP contribution in [0.4, 0.5) is 0 Å². The molecule has 1 saturated heterocycles. The van der Waals surface area contributed by atoms with Crippen molar-refractivity contribution in [1.29, 1.82) is 0 Å². The number of nitrogens with zero attached hydrogens (tertiary/aromatic N) is 2. The van der Waals surface area contributed by atoms with E-state index in [1.54, 1.807) is 18.0 Å². The SMILES string of the molecule is CSCC[C@H](NC(C)=O)C(=O)N1CCC(OCc2ccccn2)CC1. The highest BCUT2D eigenvalue weighted by Crippen LogP contribution is 2.17. The molecule has 7 heteroatoms. The van der Waals surface area contributed by atoms with Crippen LogP contribution in [-0.4, -0.2) is 58.9 Å². The highest BCUT2D eigenvalue weighted by molar-refractivity contribution is 7.98. The van der Waals surface area contributed by atoms with Gasteiger partial charge in [-0.3, -0.25) is 14.6 Å². The molecule has 2 amide bonds. The monoisotopic (exact) mass is 365 g/mol. The second-order valence-corrected chi connectivity index (χ2v) is 7.18. The van der Waals surface area contributed by atoms with Crippen LogP contribution in [0.1, 0.15) is 31.9 Å². The number of rotatable bonds is 8. The summed E-state index contributed by atoms with van der Waals surface area (Å²) in [6, 6.07) is 5.36. The molecule has 0 radical (unpaired) electrons. The Kier molecular flexibility index (Phi) is 8.21. The first-order valence-electron chi connectivity index (χ1n) is 8.66. The van der Waals surface area contributed by atoms with E-state index in [1.165, 1.54) is 6.92 Å². The second-order valence-electron chi connectivity index (χ2n) is 6.19. The fraction of sp³-hybridized carbons (Fsp3) is 0.611. The number of amides is 2. The first-order valence-corrected chi connectivity index (χ1v) is 10.1. The summed E-state index contributed by atoms with van der Waals surface area (Å²) in [5.41, 5.74) is 0.920. The molecule has 1 atom stereocenters. The molecule has 1 N–H and O–H groups in total. The number of nitrogens with one attached hydrogen (secondary N) is 1. The number of piperidine rings is 1. The zero-order valence-electron chi connectivity index (χ0n) is 14.9. The minimum Gasteiger partial charge on any atom is -0.372 e. The van der Waals surface area contributed by atoms with Gasteiger partial charge < -0.3 is 15.0 Å². The van der Waals surface area contributed by atoms with Gasteiger partial charge in [0.1, 0.15) is 6.04 Å². The first kappa shape index (κ1) is 19.7. The number of thioether (sulfide) groups is 1. The van der Waals surface area contributed by atoms with Crippen molar-refractivity contribution in [3.05, 3.63) is 30.1 Å². The average molecular weight is 365 g/mol. The lowest BCUT2D eigenvalue weighted by atomic mass is 10.1. The van der Waals surface area contributed by atoms with E-state index >= 15 is 0 Å². The zero-order valence-corrected chi connectivity index (χ0v) is 15.8. The highest BCUT2D eigenvalue weighted by atomic mass is 32.2. The predicted octanol–water partition coefficient (Wildman–Crippen LogP) is 1.85. The lowest BCUT2D eigenvalue weighted by molar-refractivity contribution is -0.138. The first-order chi connectivity index (χ1) is 12.1. The molecule has 2 heterocycles. The Labute approximate surface area is 153 Å². The number of hydrogen-bond donors (Lipinski definition) is 1. The molecule has 1 fully saturated rings. The summed E-state index contributed by atoms with van der Waals surface area (Å²) in [5.74, 6) is 0.709. The topological polar surface area (TPSA) is 71.5 Å². The molecule has 138 valence electrons. The van der Waals surface area contributed by atoms with Crippen molar-refractivity contribution >= 4 is 23.6 Å². The van der Waals surface area contributed by atoms with Crippen molar-refractivity contribution in [3.8, 4) is 0 Å². The summed E-state index contributed by atoms with van der Waals surface area (Å²) in [6.07, 6.45) is 6.20. The Morgan fingerprint density at radius 1 is 1.40 bits per heavy atom. The van der Waals surface area contributed by atoms with Gasteiger partial charge in [-0.25, -0.2) is 0 Å². The van der Waals surface area contributed by atoms with Crippen molar-refractivity contribution in [2.24, 2.45) is 0 Å². The van der Waals surface area contributed by atoms with Gasteiger partial charge in [-0.15, -0.1) is 0 Å². The van der Waals surface area contributed by atoms with Gasteiger partial charge in [-0.1, -0.05) is 6.07 Å². The maximum absolute atomic E-state index is 12.7. The number of hydrogen-bond acceptors (Lipinski definition) is 5. The van der Waals surface area contributed by atoms with Crippen LogP contribution >= 0.6 is 11.8 Å². The average Bonchev–Trinajstić information content (AvgIpc) is 2.64. The number of aromatic nitrogens is 1. The van der Waals surface area contributed by atoms with Crippen LogP contribution in [-0.2, 0) is 20.9 Å². The van der Waals surface area contributed by atoms with E-state index in [9.17, 15) is 9.59 Å². The number of ether oxygens (including phenoxy) is 1. The normalized spacial score (nSPS) is 16.5. The van der Waals surface area contributed by atoms with Crippen LogP contribution in [0.15, 0.2) is 24.4 Å². The molecule has 2 rings (SSSR count). The molecule has 1 aromatic heterocycles. The van der Waals surface area contributed by atoms with Gasteiger partial charge >= 0.3 is 0 Å². The Bertz CT molecular complexity index is 548. The quantitative estimate of drug-likeness (QED) is 0.761. The summed E-state index contributed by atoms with van der Waals surface area (Å²) in [4.78, 5) is 30.1. The summed E-state index contributed by atoms with van der Waals surface area (Å²) in [5, 5.41) is 2.79. The molecule has 0 unspecified atom stereocenters. The third-order valence-corrected chi connectivity index (χ3v) is 4.88. The van der Waals surface area contributed by atoms with E-state index in [-0.39, 0.29) is 17.9 Å². The molecule has 25 heavy (non-hydrogen) atoms. The highest BCUT2D eigenvalue weighted by Gasteiger charge is 2.28. The van der Waals surface area contributed by atoms with Crippen LogP contribution in [0, 0.1) is 0 Å². The molecule has 1 aromatic rings. The predicted molar refractivity (Wildman–Crippen MR) is 99.2 cm³/mol. The number of carbonyl (C=O) groups is 2. The third kappa shape index (κ3) is 6.66. The van der Waals surface area contributed by atoms with Gasteiger partial charge in [-0.05, 0) is 43.4 Å². The molecule has 0 saturated carbocycles. The lowest BCUT2D eigenvalue weighted by Crippen LogP contribution is -2.51. The van der Waals surface area contributed by atoms with Crippen LogP contribution in [0.2, 0.25) is 0 Å². The summed E-state index contributed by atoms with van der Waals surface area (Å²) < 4.78 is 5.91. The Morgan fingerprint density at radius 3 is 2.76 bits per heavy atom. The molecule has 1 aliphatic rings. The van der Waals surface area contributed by atoms with E-state index in [0.29, 0.717) is 26.1 Å². The van der Waals surface area contributed by atoms with Gasteiger partial charge in [0.25, 0.3) is 0 Å². The summed E-state index contributed by atoms with van der Waals surface area (Å²) in [6.45, 7) is 3.29. The number of pyridine rings is 1. The summed E-state index contributed by atoms with van der Waals surface area (Å²) in [7, 11) is 0. The molecule has 0 spiro atoms. The molecule has 1 aliphatic heterocycles. The van der Waals surface area contributed by atoms with Crippen molar-refractivity contribution in [3.63, 3.8) is 0 Å². The fourth-order valence-corrected chi connectivity index (χ4v) is 3.36. The van der Waals surface area contributed by atoms with E-state index in [4.69, 9.17) is 4.74 Å². The Hall–Kier alpha value is -1.60. The maximum atomic E-state index is 12.7. The largest absolute Gasteiger partial charge is 0.372 e. The minimum atomic E-state index is -0.420. The molecular formula is C18H27N3O3S. The van der Waals surface area contributed by atoms with Gasteiger partial charge in [0.2, 0.25) is 11.8 Å². The molecule has 0 aromatic carbocycles. The lowest BCUT2D eigenvalue weighted by Gasteiger charge is -2.34. The van der Waals surface area contributed by atoms with Crippen LogP contribution in [0.3, 0.4) is 0 Å². The molecule has 0 aliphatic carbocycles. The summed E-state index contributed by atoms with van der Waals surface area (Å²) >= 11 is 1.68. The van der Waals surface area contributed by atoms with E-state index in [1.807, 2.05) is 29.4 Å². The van der Waals surface area contributed by atoms with Gasteiger partial charge in [0.15, 0.2) is 0 Å². The maximum Gasteiger partial charge on any atom is 0.245 e. The van der Waals surface area contributed by atoms with Crippen LogP contribution in [0.25, 0.3) is 0 Å². The number of likely N-dealkylation sites (tertiary alicyclic amines) is 1. The smallest absolute Gasteiger partial charge is 0.245 e. The fourth-order valence-electron chi connectivity index (χ4n) is 2.89. The van der Waals surface area contributed by atoms with Gasteiger partial charge in [0.05, 0.1) is 18.4 Å². The van der Waals surface area contributed by atoms with Crippen LogP contribution in [0.5, 0.6) is 0 Å². The zero-order chi connectivity index (χ0) is 18.1. The van der Waals surface area contributed by atoms with Gasteiger partial charge in [-0.2, -0.15) is 11.8 Å². The third-order valence-electron chi connectivity index (χ3n) is 4.23. The van der Waals surface area contributed by atoms with Crippen molar-refractivity contribution in [1.82, 2.24) is 15.2 Å². The van der Waals surface area contributed by atoms with Crippen LogP contribution < -0.4 is 5.32 Å². The number of carbonyl (C=O) groups excluding carboxylic acids is 2. The standard InChI is InChI=1S/C18H27N3O3S/c1-14(22)20-17(8-12-25-2)18(23)21-10-6-16(7-11-21)24-13-15-5-3-4-9-19-15/h3-5,9,16-17H,6-8,10-13H2,1-2H3,(H,20,22)/t17-/m0/s1. The molecular weight excluding hydrogens is 338 g/mol. The van der Waals surface area contributed by atoms with E-state index in [0.717, 1.165) is 24.3 Å². The Balaban J connectivity index is 1.78. The van der Waals surface area contributed by atoms with E-state index in [2.05, 4.69) is 10.3 Å². The molecule has 6 nitrogen and oxygen atoms in total. The Morgan fingerprint density at radius 2 is 2.16 bits per heavy atom. The molecule has 0 bridgehead atoms. The second kappa shape index (κ2) is 10.4. The van der Waals surface area contributed by atoms with Crippen molar-refractivity contribution in [2.75, 3.05) is 25.1 Å². The minimum absolute atomic E-state index is 0.0208. The van der Waals surface area contributed by atoms with Gasteiger partial charge in [0, 0.05) is 26.2 Å². The van der Waals surface area contributed by atoms with Crippen molar-refractivity contribution in [2.45, 2.75) is 44.9 Å². The van der Waals surface area contributed by atoms with Crippen molar-refractivity contribution < 1.29 is 14.3 Å². The van der Waals surface area contributed by atoms with E-state index < -0.39 is 6.04 Å².